The van der Waals surface area contributed by atoms with Gasteiger partial charge in [0.2, 0.25) is 0 Å². The summed E-state index contributed by atoms with van der Waals surface area (Å²) in [7, 11) is 1.35. The number of alkyl halides is 1. The molecule has 1 rings (SSSR count). The van der Waals surface area contributed by atoms with E-state index in [1.54, 1.807) is 0 Å². The summed E-state index contributed by atoms with van der Waals surface area (Å²) in [5.74, 6) is -0.266. The summed E-state index contributed by atoms with van der Waals surface area (Å²) < 4.78 is 17.4. The molecule has 4 heteroatoms. The van der Waals surface area contributed by atoms with Gasteiger partial charge in [0, 0.05) is 25.4 Å². The van der Waals surface area contributed by atoms with E-state index in [0.717, 1.165) is 0 Å². The molecule has 1 aliphatic rings. The van der Waals surface area contributed by atoms with Crippen LogP contribution in [0.2, 0.25) is 0 Å². The molecule has 1 heterocycles. The fourth-order valence-electron chi connectivity index (χ4n) is 1.39. The largest absolute Gasteiger partial charge is 0.469 e. The van der Waals surface area contributed by atoms with Crippen molar-refractivity contribution in [2.24, 2.45) is 5.92 Å². The molecule has 0 aromatic rings. The van der Waals surface area contributed by atoms with Gasteiger partial charge in [-0.1, -0.05) is 0 Å². The van der Waals surface area contributed by atoms with Crippen LogP contribution >= 0.6 is 0 Å². The number of ether oxygens (including phenoxy) is 1. The van der Waals surface area contributed by atoms with Gasteiger partial charge < -0.3 is 10.1 Å². The smallest absolute Gasteiger partial charge is 0.305 e. The molecule has 0 radical (unpaired) electrons. The quantitative estimate of drug-likeness (QED) is 0.635. The van der Waals surface area contributed by atoms with Gasteiger partial charge in [-0.3, -0.25) is 4.79 Å². The van der Waals surface area contributed by atoms with Crippen molar-refractivity contribution < 1.29 is 13.9 Å². The predicted octanol–water partition coefficient (Wildman–Crippen LogP) is 0.497. The van der Waals surface area contributed by atoms with Crippen LogP contribution in [0, 0.1) is 5.92 Å². The normalized spacial score (nSPS) is 28.8. The van der Waals surface area contributed by atoms with Crippen molar-refractivity contribution in [3.05, 3.63) is 0 Å². The Hall–Kier alpha value is -0.640. The van der Waals surface area contributed by atoms with E-state index in [1.165, 1.54) is 7.11 Å². The fourth-order valence-corrected chi connectivity index (χ4v) is 1.39. The van der Waals surface area contributed by atoms with Crippen molar-refractivity contribution in [3.63, 3.8) is 0 Å². The molecule has 2 unspecified atom stereocenters. The summed E-state index contributed by atoms with van der Waals surface area (Å²) >= 11 is 0. The molecular weight excluding hydrogens is 161 g/mol. The van der Waals surface area contributed by atoms with Gasteiger partial charge in [-0.2, -0.15) is 0 Å². The Morgan fingerprint density at radius 2 is 2.42 bits per heavy atom. The number of hydrogen-bond acceptors (Lipinski definition) is 3. The second kappa shape index (κ2) is 4.40. The Labute approximate surface area is 71.3 Å². The van der Waals surface area contributed by atoms with Crippen LogP contribution in [0.1, 0.15) is 12.8 Å². The van der Waals surface area contributed by atoms with Crippen molar-refractivity contribution in [2.45, 2.75) is 19.0 Å². The third-order valence-electron chi connectivity index (χ3n) is 2.20. The van der Waals surface area contributed by atoms with Crippen LogP contribution < -0.4 is 5.32 Å². The van der Waals surface area contributed by atoms with E-state index in [2.05, 4.69) is 10.1 Å². The Bertz CT molecular complexity index is 163. The van der Waals surface area contributed by atoms with E-state index in [4.69, 9.17) is 0 Å². The van der Waals surface area contributed by atoms with Gasteiger partial charge in [0.05, 0.1) is 7.11 Å². The molecular formula is C8H14FNO2. The summed E-state index contributed by atoms with van der Waals surface area (Å²) in [5, 5.41) is 2.94. The van der Waals surface area contributed by atoms with E-state index in [1.807, 2.05) is 0 Å². The Kier molecular flexibility index (Phi) is 3.47. The van der Waals surface area contributed by atoms with Gasteiger partial charge in [-0.15, -0.1) is 0 Å². The first-order chi connectivity index (χ1) is 5.74. The molecule has 1 saturated heterocycles. The minimum atomic E-state index is -0.797. The number of rotatable bonds is 3. The lowest BCUT2D eigenvalue weighted by molar-refractivity contribution is -0.141. The highest BCUT2D eigenvalue weighted by molar-refractivity contribution is 5.69. The van der Waals surface area contributed by atoms with Crippen molar-refractivity contribution in [3.8, 4) is 0 Å². The molecule has 0 spiro atoms. The lowest BCUT2D eigenvalue weighted by Gasteiger charge is -2.09. The number of carbonyl (C=O) groups is 1. The molecule has 1 fully saturated rings. The van der Waals surface area contributed by atoms with Crippen LogP contribution in [-0.2, 0) is 9.53 Å². The minimum absolute atomic E-state index is 0.0101. The molecule has 1 aliphatic heterocycles. The van der Waals surface area contributed by atoms with E-state index in [0.29, 0.717) is 25.9 Å². The zero-order valence-corrected chi connectivity index (χ0v) is 7.18. The zero-order valence-electron chi connectivity index (χ0n) is 7.18. The minimum Gasteiger partial charge on any atom is -0.469 e. The van der Waals surface area contributed by atoms with Gasteiger partial charge in [-0.05, 0) is 6.42 Å². The molecule has 3 nitrogen and oxygen atoms in total. The molecule has 1 N–H and O–H groups in total. The first-order valence-corrected chi connectivity index (χ1v) is 4.15. The molecule has 0 bridgehead atoms. The molecule has 0 saturated carbocycles. The standard InChI is InChI=1S/C8H14FNO2/c1-12-8(11)3-2-6-4-10-5-7(6)9/h6-7,10H,2-5H2,1H3. The second-order valence-electron chi connectivity index (χ2n) is 3.05. The van der Waals surface area contributed by atoms with Gasteiger partial charge in [0.15, 0.2) is 0 Å². The number of methoxy groups -OCH3 is 1. The number of esters is 1. The molecule has 0 amide bonds. The van der Waals surface area contributed by atoms with Crippen LogP contribution in [-0.4, -0.2) is 32.3 Å². The van der Waals surface area contributed by atoms with Crippen LogP contribution in [0.5, 0.6) is 0 Å². The second-order valence-corrected chi connectivity index (χ2v) is 3.05. The van der Waals surface area contributed by atoms with Gasteiger partial charge >= 0.3 is 5.97 Å². The van der Waals surface area contributed by atoms with Crippen LogP contribution in [0.4, 0.5) is 4.39 Å². The molecule has 70 valence electrons. The van der Waals surface area contributed by atoms with E-state index >= 15 is 0 Å². The predicted molar refractivity (Wildman–Crippen MR) is 42.5 cm³/mol. The molecule has 2 atom stereocenters. The summed E-state index contributed by atoms with van der Waals surface area (Å²) in [5.41, 5.74) is 0. The highest BCUT2D eigenvalue weighted by Crippen LogP contribution is 2.18. The Morgan fingerprint density at radius 1 is 1.67 bits per heavy atom. The summed E-state index contributed by atoms with van der Waals surface area (Å²) in [6.45, 7) is 1.10. The highest BCUT2D eigenvalue weighted by atomic mass is 19.1. The zero-order chi connectivity index (χ0) is 8.97. The first kappa shape index (κ1) is 9.45. The van der Waals surface area contributed by atoms with Crippen LogP contribution in [0.3, 0.4) is 0 Å². The van der Waals surface area contributed by atoms with Crippen molar-refractivity contribution in [1.29, 1.82) is 0 Å². The van der Waals surface area contributed by atoms with E-state index in [9.17, 15) is 9.18 Å². The maximum Gasteiger partial charge on any atom is 0.305 e. The van der Waals surface area contributed by atoms with Crippen LogP contribution in [0.15, 0.2) is 0 Å². The van der Waals surface area contributed by atoms with Gasteiger partial charge in [0.1, 0.15) is 6.17 Å². The average Bonchev–Trinajstić information content (AvgIpc) is 2.47. The lowest BCUT2D eigenvalue weighted by atomic mass is 10.0. The topological polar surface area (TPSA) is 38.3 Å². The Morgan fingerprint density at radius 3 is 2.92 bits per heavy atom. The van der Waals surface area contributed by atoms with Crippen molar-refractivity contribution in [2.75, 3.05) is 20.2 Å². The van der Waals surface area contributed by atoms with Crippen molar-refractivity contribution in [1.82, 2.24) is 5.32 Å². The summed E-state index contributed by atoms with van der Waals surface area (Å²) in [6.07, 6.45) is 0.110. The number of carbonyl (C=O) groups excluding carboxylic acids is 1. The van der Waals surface area contributed by atoms with Crippen LogP contribution in [0.25, 0.3) is 0 Å². The summed E-state index contributed by atoms with van der Waals surface area (Å²) in [6, 6.07) is 0. The summed E-state index contributed by atoms with van der Waals surface area (Å²) in [4.78, 5) is 10.7. The van der Waals surface area contributed by atoms with Crippen molar-refractivity contribution >= 4 is 5.97 Å². The third kappa shape index (κ3) is 2.44. The fraction of sp³-hybridized carbons (Fsp3) is 0.875. The SMILES string of the molecule is COC(=O)CCC1CNCC1F. The molecule has 0 aromatic carbocycles. The maximum absolute atomic E-state index is 12.9. The maximum atomic E-state index is 12.9. The van der Waals surface area contributed by atoms with E-state index < -0.39 is 6.17 Å². The number of hydrogen-bond donors (Lipinski definition) is 1. The molecule has 12 heavy (non-hydrogen) atoms. The monoisotopic (exact) mass is 175 g/mol. The number of halogens is 1. The van der Waals surface area contributed by atoms with Gasteiger partial charge in [0.25, 0.3) is 0 Å². The third-order valence-corrected chi connectivity index (χ3v) is 2.20. The molecule has 0 aromatic heterocycles. The highest BCUT2D eigenvalue weighted by Gasteiger charge is 2.26. The van der Waals surface area contributed by atoms with Gasteiger partial charge in [-0.25, -0.2) is 4.39 Å². The molecule has 0 aliphatic carbocycles. The first-order valence-electron chi connectivity index (χ1n) is 4.15. The Balaban J connectivity index is 2.18. The average molecular weight is 175 g/mol. The van der Waals surface area contributed by atoms with E-state index in [-0.39, 0.29) is 11.9 Å². The number of nitrogens with one attached hydrogen (secondary N) is 1. The lowest BCUT2D eigenvalue weighted by Crippen LogP contribution is -2.15.